The average Bonchev–Trinajstić information content (AvgIpc) is 3.13. The zero-order valence-electron chi connectivity index (χ0n) is 14.5. The predicted octanol–water partition coefficient (Wildman–Crippen LogP) is 4.57. The number of amides is 1. The monoisotopic (exact) mass is 372 g/mol. The summed E-state index contributed by atoms with van der Waals surface area (Å²) in [6.07, 6.45) is 1.22. The first-order valence-electron chi connectivity index (χ1n) is 7.77. The maximum Gasteiger partial charge on any atom is 0.278 e. The number of carbonyl (C=O) groups is 1. The van der Waals surface area contributed by atoms with E-state index in [-0.39, 0.29) is 5.69 Å². The number of oxazole rings is 1. The molecule has 0 aliphatic heterocycles. The molecule has 1 N–H and O–H groups in total. The van der Waals surface area contributed by atoms with Crippen molar-refractivity contribution in [2.24, 2.45) is 0 Å². The molecule has 0 saturated heterocycles. The summed E-state index contributed by atoms with van der Waals surface area (Å²) >= 11 is 6.18. The van der Waals surface area contributed by atoms with Crippen molar-refractivity contribution in [3.05, 3.63) is 59.1 Å². The number of methoxy groups -OCH3 is 2. The van der Waals surface area contributed by atoms with E-state index >= 15 is 0 Å². The van der Waals surface area contributed by atoms with Crippen LogP contribution in [-0.4, -0.2) is 25.1 Å². The highest BCUT2D eigenvalue weighted by molar-refractivity contribution is 6.34. The Kier molecular flexibility index (Phi) is 5.14. The molecule has 0 spiro atoms. The smallest absolute Gasteiger partial charge is 0.278 e. The van der Waals surface area contributed by atoms with E-state index in [0.29, 0.717) is 33.5 Å². The van der Waals surface area contributed by atoms with Gasteiger partial charge in [0, 0.05) is 5.56 Å². The molecule has 0 atom stereocenters. The molecule has 0 aliphatic rings. The van der Waals surface area contributed by atoms with Gasteiger partial charge in [-0.05, 0) is 42.8 Å². The number of hydrogen-bond acceptors (Lipinski definition) is 5. The third-order valence-electron chi connectivity index (χ3n) is 3.80. The molecule has 0 fully saturated rings. The summed E-state index contributed by atoms with van der Waals surface area (Å²) in [6, 6.07) is 10.6. The largest absolute Gasteiger partial charge is 0.493 e. The Hall–Kier alpha value is -2.99. The maximum absolute atomic E-state index is 12.6. The lowest BCUT2D eigenvalue weighted by Gasteiger charge is -2.10. The molecule has 0 aliphatic carbocycles. The van der Waals surface area contributed by atoms with E-state index in [1.54, 1.807) is 37.4 Å². The molecule has 0 unspecified atom stereocenters. The molecule has 0 saturated carbocycles. The van der Waals surface area contributed by atoms with Crippen LogP contribution >= 0.6 is 11.6 Å². The molecule has 1 amide bonds. The number of rotatable bonds is 5. The summed E-state index contributed by atoms with van der Waals surface area (Å²) in [5, 5.41) is 3.21. The van der Waals surface area contributed by atoms with Crippen LogP contribution in [0.2, 0.25) is 5.02 Å². The number of nitrogens with one attached hydrogen (secondary N) is 1. The van der Waals surface area contributed by atoms with Crippen molar-refractivity contribution >= 4 is 23.2 Å². The van der Waals surface area contributed by atoms with Gasteiger partial charge in [-0.2, -0.15) is 0 Å². The average molecular weight is 373 g/mol. The Morgan fingerprint density at radius 1 is 1.12 bits per heavy atom. The van der Waals surface area contributed by atoms with Crippen LogP contribution in [0.15, 0.2) is 47.2 Å². The van der Waals surface area contributed by atoms with E-state index in [4.69, 9.17) is 25.5 Å². The van der Waals surface area contributed by atoms with Gasteiger partial charge in [-0.1, -0.05) is 17.7 Å². The minimum atomic E-state index is -0.422. The van der Waals surface area contributed by atoms with Gasteiger partial charge in [0.05, 0.1) is 24.9 Å². The van der Waals surface area contributed by atoms with Crippen molar-refractivity contribution in [3.8, 4) is 22.8 Å². The molecule has 7 heteroatoms. The third kappa shape index (κ3) is 3.50. The van der Waals surface area contributed by atoms with Gasteiger partial charge in [0.1, 0.15) is 0 Å². The highest BCUT2D eigenvalue weighted by Crippen LogP contribution is 2.34. The molecule has 26 heavy (non-hydrogen) atoms. The third-order valence-corrected chi connectivity index (χ3v) is 4.11. The first-order valence-corrected chi connectivity index (χ1v) is 8.14. The van der Waals surface area contributed by atoms with Crippen LogP contribution in [0.25, 0.3) is 11.3 Å². The highest BCUT2D eigenvalue weighted by atomic mass is 35.5. The summed E-state index contributed by atoms with van der Waals surface area (Å²) in [5.74, 6) is 1.00. The molecule has 0 bridgehead atoms. The Balaban J connectivity index is 1.92. The Labute approximate surface area is 155 Å². The van der Waals surface area contributed by atoms with Crippen molar-refractivity contribution in [2.45, 2.75) is 6.92 Å². The Bertz CT molecular complexity index is 952. The van der Waals surface area contributed by atoms with E-state index < -0.39 is 5.91 Å². The Morgan fingerprint density at radius 3 is 2.58 bits per heavy atom. The quantitative estimate of drug-likeness (QED) is 0.710. The topological polar surface area (TPSA) is 73.6 Å². The Morgan fingerprint density at radius 2 is 1.88 bits per heavy atom. The lowest BCUT2D eigenvalue weighted by atomic mass is 10.1. The summed E-state index contributed by atoms with van der Waals surface area (Å²) in [4.78, 5) is 16.7. The summed E-state index contributed by atoms with van der Waals surface area (Å²) in [7, 11) is 3.09. The highest BCUT2D eigenvalue weighted by Gasteiger charge is 2.20. The van der Waals surface area contributed by atoms with E-state index in [1.165, 1.54) is 13.5 Å². The maximum atomic E-state index is 12.6. The fourth-order valence-electron chi connectivity index (χ4n) is 2.49. The number of ether oxygens (including phenoxy) is 2. The van der Waals surface area contributed by atoms with Gasteiger partial charge in [-0.3, -0.25) is 4.79 Å². The van der Waals surface area contributed by atoms with Crippen LogP contribution in [0.5, 0.6) is 11.5 Å². The van der Waals surface area contributed by atoms with Crippen molar-refractivity contribution in [3.63, 3.8) is 0 Å². The fraction of sp³-hybridized carbons (Fsp3) is 0.158. The standard InChI is InChI=1S/C19H17ClN2O4/c1-11-4-6-14(13(20)8-11)22-19(23)17-18(26-10-21-17)12-5-7-15(24-2)16(9-12)25-3/h4-10H,1-3H3,(H,22,23). The van der Waals surface area contributed by atoms with Gasteiger partial charge in [0.15, 0.2) is 29.3 Å². The van der Waals surface area contributed by atoms with E-state index in [9.17, 15) is 4.79 Å². The summed E-state index contributed by atoms with van der Waals surface area (Å²) < 4.78 is 15.9. The lowest BCUT2D eigenvalue weighted by Crippen LogP contribution is -2.13. The second-order valence-corrected chi connectivity index (χ2v) is 5.94. The number of benzene rings is 2. The predicted molar refractivity (Wildman–Crippen MR) is 99.2 cm³/mol. The van der Waals surface area contributed by atoms with Crippen LogP contribution < -0.4 is 14.8 Å². The second kappa shape index (κ2) is 7.49. The molecule has 0 radical (unpaired) electrons. The first-order chi connectivity index (χ1) is 12.5. The zero-order chi connectivity index (χ0) is 18.7. The van der Waals surface area contributed by atoms with Crippen molar-refractivity contribution in [1.29, 1.82) is 0 Å². The number of carbonyl (C=O) groups excluding carboxylic acids is 1. The minimum absolute atomic E-state index is 0.147. The van der Waals surface area contributed by atoms with Crippen molar-refractivity contribution in [1.82, 2.24) is 4.98 Å². The molecular formula is C19H17ClN2O4. The second-order valence-electron chi connectivity index (χ2n) is 5.54. The van der Waals surface area contributed by atoms with E-state index in [2.05, 4.69) is 10.3 Å². The number of aromatic nitrogens is 1. The lowest BCUT2D eigenvalue weighted by molar-refractivity contribution is 0.102. The van der Waals surface area contributed by atoms with E-state index in [0.717, 1.165) is 5.56 Å². The van der Waals surface area contributed by atoms with Crippen LogP contribution in [0.4, 0.5) is 5.69 Å². The molecule has 1 heterocycles. The molecule has 134 valence electrons. The molecule has 2 aromatic carbocycles. The first kappa shape index (κ1) is 17.8. The van der Waals surface area contributed by atoms with Crippen LogP contribution in [-0.2, 0) is 0 Å². The number of anilines is 1. The molecular weight excluding hydrogens is 356 g/mol. The normalized spacial score (nSPS) is 10.5. The SMILES string of the molecule is COc1ccc(-c2ocnc2C(=O)Nc2ccc(C)cc2Cl)cc1OC. The van der Waals surface area contributed by atoms with Gasteiger partial charge >= 0.3 is 0 Å². The minimum Gasteiger partial charge on any atom is -0.493 e. The number of hydrogen-bond donors (Lipinski definition) is 1. The number of nitrogens with zero attached hydrogens (tertiary/aromatic N) is 1. The van der Waals surface area contributed by atoms with Crippen molar-refractivity contribution < 1.29 is 18.7 Å². The molecule has 3 rings (SSSR count). The van der Waals surface area contributed by atoms with Crippen LogP contribution in [0.1, 0.15) is 16.1 Å². The van der Waals surface area contributed by atoms with Crippen molar-refractivity contribution in [2.75, 3.05) is 19.5 Å². The van der Waals surface area contributed by atoms with Gasteiger partial charge in [-0.15, -0.1) is 0 Å². The molecule has 6 nitrogen and oxygen atoms in total. The zero-order valence-corrected chi connectivity index (χ0v) is 15.3. The van der Waals surface area contributed by atoms with E-state index in [1.807, 2.05) is 13.0 Å². The summed E-state index contributed by atoms with van der Waals surface area (Å²) in [6.45, 7) is 1.92. The number of aryl methyl sites for hydroxylation is 1. The van der Waals surface area contributed by atoms with Gasteiger partial charge in [-0.25, -0.2) is 4.98 Å². The van der Waals surface area contributed by atoms with Crippen LogP contribution in [0, 0.1) is 6.92 Å². The van der Waals surface area contributed by atoms with Gasteiger partial charge < -0.3 is 19.2 Å². The summed E-state index contributed by atoms with van der Waals surface area (Å²) in [5.41, 5.74) is 2.29. The molecule has 1 aromatic heterocycles. The van der Waals surface area contributed by atoms with Gasteiger partial charge in [0.25, 0.3) is 5.91 Å². The van der Waals surface area contributed by atoms with Gasteiger partial charge in [0.2, 0.25) is 0 Å². The molecule has 3 aromatic rings. The van der Waals surface area contributed by atoms with Crippen LogP contribution in [0.3, 0.4) is 0 Å². The number of halogens is 1. The fourth-order valence-corrected chi connectivity index (χ4v) is 2.78.